The van der Waals surface area contributed by atoms with Gasteiger partial charge in [0.15, 0.2) is 6.10 Å². The lowest BCUT2D eigenvalue weighted by Crippen LogP contribution is -2.37. The Morgan fingerprint density at radius 2 is 0.964 bits per heavy atom. The quantitative estimate of drug-likeness (QED) is 0.0197. The normalized spacial score (nSPS) is 13.9. The van der Waals surface area contributed by atoms with Gasteiger partial charge in [-0.05, 0) is 70.6 Å². The summed E-state index contributed by atoms with van der Waals surface area (Å²) in [7, 11) is 1.15. The molecule has 9 nitrogen and oxygen atoms in total. The largest absolute Gasteiger partial charge is 0.756 e. The molecule has 0 saturated carbocycles. The van der Waals surface area contributed by atoms with Gasteiger partial charge in [-0.1, -0.05) is 147 Å². The van der Waals surface area contributed by atoms with Crippen molar-refractivity contribution >= 4 is 19.8 Å². The first-order chi connectivity index (χ1) is 27.0. The van der Waals surface area contributed by atoms with Crippen LogP contribution in [-0.4, -0.2) is 70.0 Å². The number of carbonyl (C=O) groups excluding carboxylic acids is 2. The summed E-state index contributed by atoms with van der Waals surface area (Å²) in [6.07, 6.45) is 43.1. The highest BCUT2D eigenvalue weighted by Gasteiger charge is 2.21. The molecule has 0 aliphatic heterocycles. The number of esters is 2. The van der Waals surface area contributed by atoms with Crippen molar-refractivity contribution in [3.05, 3.63) is 36.5 Å². The van der Waals surface area contributed by atoms with Crippen LogP contribution in [-0.2, 0) is 32.7 Å². The Hall–Kier alpha value is -1.77. The summed E-state index contributed by atoms with van der Waals surface area (Å²) in [5.74, 6) is -0.856. The maximum absolute atomic E-state index is 12.7. The number of hydrogen-bond acceptors (Lipinski definition) is 8. The first-order valence-electron chi connectivity index (χ1n) is 22.7. The minimum atomic E-state index is -4.63. The van der Waals surface area contributed by atoms with E-state index in [4.69, 9.17) is 18.5 Å². The number of rotatable bonds is 41. The molecule has 0 fully saturated rings. The second-order valence-corrected chi connectivity index (χ2v) is 17.8. The van der Waals surface area contributed by atoms with Crippen LogP contribution in [0.1, 0.15) is 194 Å². The van der Waals surface area contributed by atoms with Crippen LogP contribution in [0.25, 0.3) is 0 Å². The van der Waals surface area contributed by atoms with E-state index in [1.165, 1.54) is 96.3 Å². The van der Waals surface area contributed by atoms with Crippen LogP contribution in [0.15, 0.2) is 36.5 Å². The number of nitrogens with zero attached hydrogens (tertiary/aromatic N) is 1. The van der Waals surface area contributed by atoms with E-state index < -0.39 is 32.5 Å². The fraction of sp³-hybridized carbons (Fsp3) is 0.826. The van der Waals surface area contributed by atoms with E-state index in [1.807, 2.05) is 21.1 Å². The highest BCUT2D eigenvalue weighted by atomic mass is 31.2. The molecule has 56 heavy (non-hydrogen) atoms. The Balaban J connectivity index is 4.34. The fourth-order valence-electron chi connectivity index (χ4n) is 6.03. The molecule has 0 rings (SSSR count). The molecule has 0 aromatic carbocycles. The van der Waals surface area contributed by atoms with Gasteiger partial charge in [-0.2, -0.15) is 0 Å². The number of allylic oxidation sites excluding steroid dienone is 6. The summed E-state index contributed by atoms with van der Waals surface area (Å²) < 4.78 is 33.9. The van der Waals surface area contributed by atoms with Gasteiger partial charge in [0.2, 0.25) is 0 Å². The number of carbonyl (C=O) groups is 2. The number of ether oxygens (including phenoxy) is 2. The maximum atomic E-state index is 12.7. The Kier molecular flexibility index (Phi) is 37.5. The van der Waals surface area contributed by atoms with Crippen LogP contribution < -0.4 is 4.89 Å². The lowest BCUT2D eigenvalue weighted by molar-refractivity contribution is -0.870. The first kappa shape index (κ1) is 54.2. The van der Waals surface area contributed by atoms with Gasteiger partial charge in [0.05, 0.1) is 27.7 Å². The highest BCUT2D eigenvalue weighted by Crippen LogP contribution is 2.38. The molecular formula is C46H86NO8P. The Morgan fingerprint density at radius 3 is 1.48 bits per heavy atom. The predicted octanol–water partition coefficient (Wildman–Crippen LogP) is 12.3. The predicted molar refractivity (Wildman–Crippen MR) is 231 cm³/mol. The Labute approximate surface area is 344 Å². The summed E-state index contributed by atoms with van der Waals surface area (Å²) in [5, 5.41) is 0. The van der Waals surface area contributed by atoms with Crippen LogP contribution in [0.4, 0.5) is 0 Å². The minimum absolute atomic E-state index is 0.0339. The molecule has 0 amide bonds. The van der Waals surface area contributed by atoms with Crippen molar-refractivity contribution in [2.75, 3.05) is 47.5 Å². The van der Waals surface area contributed by atoms with Crippen molar-refractivity contribution in [1.29, 1.82) is 0 Å². The van der Waals surface area contributed by atoms with Crippen LogP contribution in [0.2, 0.25) is 0 Å². The molecule has 0 aliphatic rings. The zero-order valence-corrected chi connectivity index (χ0v) is 37.7. The zero-order chi connectivity index (χ0) is 41.4. The first-order valence-corrected chi connectivity index (χ1v) is 24.2. The second kappa shape index (κ2) is 38.7. The van der Waals surface area contributed by atoms with Gasteiger partial charge in [0, 0.05) is 12.8 Å². The third-order valence-electron chi connectivity index (χ3n) is 9.63. The Bertz CT molecular complexity index is 1050. The Morgan fingerprint density at radius 1 is 0.554 bits per heavy atom. The van der Waals surface area contributed by atoms with Crippen LogP contribution in [0.5, 0.6) is 0 Å². The van der Waals surface area contributed by atoms with Crippen molar-refractivity contribution in [3.63, 3.8) is 0 Å². The average Bonchev–Trinajstić information content (AvgIpc) is 3.15. The van der Waals surface area contributed by atoms with Crippen LogP contribution in [0, 0.1) is 0 Å². The average molecular weight is 812 g/mol. The number of unbranched alkanes of at least 4 members (excludes halogenated alkanes) is 21. The molecule has 0 aromatic heterocycles. The minimum Gasteiger partial charge on any atom is -0.756 e. The van der Waals surface area contributed by atoms with Gasteiger partial charge in [0.1, 0.15) is 19.8 Å². The van der Waals surface area contributed by atoms with Crippen molar-refractivity contribution in [2.24, 2.45) is 0 Å². The molecule has 0 aromatic rings. The third kappa shape index (κ3) is 41.9. The monoisotopic (exact) mass is 812 g/mol. The molecule has 0 radical (unpaired) electrons. The summed E-state index contributed by atoms with van der Waals surface area (Å²) in [4.78, 5) is 37.5. The van der Waals surface area contributed by atoms with E-state index in [0.717, 1.165) is 57.8 Å². The maximum Gasteiger partial charge on any atom is 0.306 e. The molecule has 0 N–H and O–H groups in total. The lowest BCUT2D eigenvalue weighted by Gasteiger charge is -2.28. The number of phosphoric ester groups is 1. The third-order valence-corrected chi connectivity index (χ3v) is 10.6. The molecule has 0 bridgehead atoms. The molecule has 0 saturated heterocycles. The van der Waals surface area contributed by atoms with Crippen molar-refractivity contribution in [1.82, 2.24) is 0 Å². The van der Waals surface area contributed by atoms with E-state index in [2.05, 4.69) is 50.3 Å². The van der Waals surface area contributed by atoms with Gasteiger partial charge in [0.25, 0.3) is 7.82 Å². The van der Waals surface area contributed by atoms with Crippen LogP contribution >= 0.6 is 7.82 Å². The van der Waals surface area contributed by atoms with E-state index >= 15 is 0 Å². The molecule has 10 heteroatoms. The smallest absolute Gasteiger partial charge is 0.306 e. The van der Waals surface area contributed by atoms with E-state index in [1.54, 1.807) is 0 Å². The van der Waals surface area contributed by atoms with Crippen molar-refractivity contribution in [2.45, 2.75) is 200 Å². The van der Waals surface area contributed by atoms with Gasteiger partial charge in [-0.3, -0.25) is 14.2 Å². The van der Waals surface area contributed by atoms with Gasteiger partial charge >= 0.3 is 11.9 Å². The fourth-order valence-corrected chi connectivity index (χ4v) is 6.76. The number of quaternary nitrogens is 1. The number of hydrogen-bond donors (Lipinski definition) is 0. The highest BCUT2D eigenvalue weighted by molar-refractivity contribution is 7.45. The van der Waals surface area contributed by atoms with E-state index in [-0.39, 0.29) is 26.1 Å². The lowest BCUT2D eigenvalue weighted by atomic mass is 10.1. The molecule has 2 atom stereocenters. The summed E-state index contributed by atoms with van der Waals surface area (Å²) in [5.41, 5.74) is 0. The summed E-state index contributed by atoms with van der Waals surface area (Å²) >= 11 is 0. The zero-order valence-electron chi connectivity index (χ0n) is 36.8. The second-order valence-electron chi connectivity index (χ2n) is 16.4. The molecule has 328 valence electrons. The molecule has 0 aliphatic carbocycles. The molecule has 1 unspecified atom stereocenters. The summed E-state index contributed by atoms with van der Waals surface area (Å²) in [6, 6.07) is 0. The van der Waals surface area contributed by atoms with E-state index in [9.17, 15) is 19.0 Å². The van der Waals surface area contributed by atoms with Gasteiger partial charge < -0.3 is 27.9 Å². The SMILES string of the molecule is CCCCC/C=C/C/C=C/CCCCCCCCCCCC(=O)O[C@H](COC(=O)CCCCC/C=C/CCCCCCCC)COP(=O)([O-])OCC[N+](C)(C)C. The van der Waals surface area contributed by atoms with Crippen molar-refractivity contribution < 1.29 is 42.1 Å². The van der Waals surface area contributed by atoms with Crippen molar-refractivity contribution in [3.8, 4) is 0 Å². The summed E-state index contributed by atoms with van der Waals surface area (Å²) in [6.45, 7) is 4.18. The van der Waals surface area contributed by atoms with E-state index in [0.29, 0.717) is 23.9 Å². The number of phosphoric acid groups is 1. The van der Waals surface area contributed by atoms with Gasteiger partial charge in [-0.15, -0.1) is 0 Å². The molecule has 0 heterocycles. The van der Waals surface area contributed by atoms with Gasteiger partial charge in [-0.25, -0.2) is 0 Å². The standard InChI is InChI=1S/C46H86NO8P/c1-6-8-10-12-14-16-18-20-21-22-23-24-25-27-29-31-33-35-37-39-46(49)55-44(43-54-56(50,51)53-41-40-47(3,4)5)42-52-45(48)38-36-34-32-30-28-26-19-17-15-13-11-9-7-2/h14,16,20-21,26,28,44H,6-13,15,17-19,22-25,27,29-43H2,1-5H3/b16-14+,21-20+,28-26+/t44-/m1/s1. The molecule has 0 spiro atoms. The molecular weight excluding hydrogens is 725 g/mol. The number of likely N-dealkylation sites (N-methyl/N-ethyl adjacent to an activating group) is 1. The van der Waals surface area contributed by atoms with Crippen LogP contribution in [0.3, 0.4) is 0 Å². The topological polar surface area (TPSA) is 111 Å².